The van der Waals surface area contributed by atoms with Crippen LogP contribution in [0.3, 0.4) is 0 Å². The van der Waals surface area contributed by atoms with Crippen LogP contribution in [0, 0.1) is 0 Å². The molecule has 0 saturated heterocycles. The zero-order valence-electron chi connectivity index (χ0n) is 15.4. The van der Waals surface area contributed by atoms with Crippen LogP contribution >= 0.6 is 22.9 Å². The lowest BCUT2D eigenvalue weighted by Crippen LogP contribution is -2.29. The summed E-state index contributed by atoms with van der Waals surface area (Å²) in [5, 5.41) is 2.52. The quantitative estimate of drug-likeness (QED) is 0.579. The SMILES string of the molecule is O=C(Nc1cccc(/C=C(\Cl)c2nc3sc4c(c3c(=O)[nH]2)CCCC4)c1)C(F)(F)F. The zero-order valence-corrected chi connectivity index (χ0v) is 17.0. The van der Waals surface area contributed by atoms with Gasteiger partial charge in [-0.2, -0.15) is 13.2 Å². The molecule has 0 saturated carbocycles. The first-order valence-corrected chi connectivity index (χ1v) is 10.3. The van der Waals surface area contributed by atoms with Gasteiger partial charge in [0.25, 0.3) is 5.56 Å². The fourth-order valence-corrected chi connectivity index (χ4v) is 4.88. The first-order chi connectivity index (χ1) is 14.2. The summed E-state index contributed by atoms with van der Waals surface area (Å²) in [5.41, 5.74) is 1.22. The second-order valence-electron chi connectivity index (χ2n) is 6.88. The number of aromatic nitrogens is 2. The summed E-state index contributed by atoms with van der Waals surface area (Å²) in [6, 6.07) is 5.75. The molecule has 0 spiro atoms. The van der Waals surface area contributed by atoms with Gasteiger partial charge in [-0.25, -0.2) is 4.98 Å². The number of alkyl halides is 3. The van der Waals surface area contributed by atoms with Crippen molar-refractivity contribution in [3.05, 3.63) is 56.4 Å². The van der Waals surface area contributed by atoms with Gasteiger partial charge in [-0.05, 0) is 55.0 Å². The second kappa shape index (κ2) is 7.88. The Morgan fingerprint density at radius 2 is 2.03 bits per heavy atom. The Morgan fingerprint density at radius 3 is 2.80 bits per heavy atom. The van der Waals surface area contributed by atoms with E-state index in [1.807, 2.05) is 0 Å². The monoisotopic (exact) mass is 453 g/mol. The summed E-state index contributed by atoms with van der Waals surface area (Å²) in [7, 11) is 0. The molecule has 30 heavy (non-hydrogen) atoms. The summed E-state index contributed by atoms with van der Waals surface area (Å²) in [6.07, 6.45) is 0.406. The number of aromatic amines is 1. The summed E-state index contributed by atoms with van der Waals surface area (Å²) in [6.45, 7) is 0. The van der Waals surface area contributed by atoms with E-state index in [1.165, 1.54) is 40.5 Å². The van der Waals surface area contributed by atoms with E-state index in [4.69, 9.17) is 11.6 Å². The minimum absolute atomic E-state index is 0.0293. The number of benzene rings is 1. The predicted octanol–water partition coefficient (Wildman–Crippen LogP) is 5.10. The van der Waals surface area contributed by atoms with Gasteiger partial charge in [0.15, 0.2) is 5.82 Å². The Morgan fingerprint density at radius 1 is 1.27 bits per heavy atom. The van der Waals surface area contributed by atoms with Gasteiger partial charge in [-0.3, -0.25) is 9.59 Å². The molecule has 0 radical (unpaired) electrons. The van der Waals surface area contributed by atoms with Gasteiger partial charge in [0.2, 0.25) is 0 Å². The summed E-state index contributed by atoms with van der Waals surface area (Å²) in [4.78, 5) is 32.7. The molecule has 1 aliphatic rings. The minimum Gasteiger partial charge on any atom is -0.318 e. The number of nitrogens with zero attached hydrogens (tertiary/aromatic N) is 1. The molecular formula is C20H15ClF3N3O2S. The topological polar surface area (TPSA) is 74.8 Å². The van der Waals surface area contributed by atoms with E-state index in [2.05, 4.69) is 9.97 Å². The number of carbonyl (C=O) groups excluding carboxylic acids is 1. The van der Waals surface area contributed by atoms with Crippen LogP contribution in [0.15, 0.2) is 29.1 Å². The number of carbonyl (C=O) groups is 1. The van der Waals surface area contributed by atoms with Crippen LogP contribution in [0.1, 0.15) is 34.7 Å². The molecule has 0 unspecified atom stereocenters. The molecular weight excluding hydrogens is 439 g/mol. The molecule has 2 aromatic heterocycles. The lowest BCUT2D eigenvalue weighted by Gasteiger charge is -2.09. The molecule has 4 rings (SSSR count). The largest absolute Gasteiger partial charge is 0.471 e. The molecule has 1 aliphatic carbocycles. The number of anilines is 1. The van der Waals surface area contributed by atoms with Gasteiger partial charge in [-0.15, -0.1) is 11.3 Å². The summed E-state index contributed by atoms with van der Waals surface area (Å²) in [5.74, 6) is -1.88. The van der Waals surface area contributed by atoms with Crippen molar-refractivity contribution in [3.8, 4) is 0 Å². The lowest BCUT2D eigenvalue weighted by molar-refractivity contribution is -0.167. The smallest absolute Gasteiger partial charge is 0.318 e. The number of aryl methyl sites for hydroxylation is 2. The van der Waals surface area contributed by atoms with E-state index in [0.717, 1.165) is 31.2 Å². The highest BCUT2D eigenvalue weighted by Gasteiger charge is 2.38. The number of amides is 1. The van der Waals surface area contributed by atoms with Gasteiger partial charge in [0, 0.05) is 10.6 Å². The Labute approximate surface area is 177 Å². The number of hydrogen-bond acceptors (Lipinski definition) is 4. The van der Waals surface area contributed by atoms with Crippen LogP contribution in [-0.2, 0) is 17.6 Å². The van der Waals surface area contributed by atoms with Crippen LogP contribution in [0.25, 0.3) is 21.3 Å². The molecule has 3 aromatic rings. The molecule has 10 heteroatoms. The highest BCUT2D eigenvalue weighted by atomic mass is 35.5. The number of rotatable bonds is 3. The van der Waals surface area contributed by atoms with Crippen molar-refractivity contribution in [2.45, 2.75) is 31.9 Å². The summed E-state index contributed by atoms with van der Waals surface area (Å²) < 4.78 is 37.3. The average molecular weight is 454 g/mol. The van der Waals surface area contributed by atoms with Crippen LogP contribution in [0.4, 0.5) is 18.9 Å². The maximum Gasteiger partial charge on any atom is 0.471 e. The molecule has 2 heterocycles. The van der Waals surface area contributed by atoms with Gasteiger partial charge in [0.1, 0.15) is 4.83 Å². The third-order valence-electron chi connectivity index (χ3n) is 4.75. The number of halogens is 4. The second-order valence-corrected chi connectivity index (χ2v) is 8.37. The standard InChI is InChI=1S/C20H15ClF3N3O2S/c21-13(9-10-4-3-5-11(8-10)25-19(29)20(22,23)24)16-26-17(28)15-12-6-1-2-7-14(12)30-18(15)27-16/h3-5,8-9H,1-2,6-7H2,(H,25,29)(H,26,27,28)/b13-9-. The summed E-state index contributed by atoms with van der Waals surface area (Å²) >= 11 is 7.83. The fraction of sp³-hybridized carbons (Fsp3) is 0.250. The Balaban J connectivity index is 1.65. The Hall–Kier alpha value is -2.65. The van der Waals surface area contributed by atoms with Gasteiger partial charge < -0.3 is 10.3 Å². The highest BCUT2D eigenvalue weighted by Crippen LogP contribution is 2.34. The fourth-order valence-electron chi connectivity index (χ4n) is 3.40. The lowest BCUT2D eigenvalue weighted by atomic mass is 9.97. The van der Waals surface area contributed by atoms with Crippen LogP contribution in [-0.4, -0.2) is 22.1 Å². The third-order valence-corrected chi connectivity index (χ3v) is 6.22. The number of nitrogens with one attached hydrogen (secondary N) is 2. The molecule has 0 atom stereocenters. The molecule has 2 N–H and O–H groups in total. The number of thiophene rings is 1. The highest BCUT2D eigenvalue weighted by molar-refractivity contribution is 7.18. The molecule has 5 nitrogen and oxygen atoms in total. The normalized spacial score (nSPS) is 14.6. The van der Waals surface area contributed by atoms with Crippen LogP contribution < -0.4 is 10.9 Å². The van der Waals surface area contributed by atoms with Gasteiger partial charge in [-0.1, -0.05) is 23.7 Å². The van der Waals surface area contributed by atoms with E-state index < -0.39 is 12.1 Å². The molecule has 156 valence electrons. The van der Waals surface area contributed by atoms with E-state index in [9.17, 15) is 22.8 Å². The first kappa shape index (κ1) is 20.6. The number of hydrogen-bond donors (Lipinski definition) is 2. The predicted molar refractivity (Wildman–Crippen MR) is 112 cm³/mol. The van der Waals surface area contributed by atoms with E-state index in [-0.39, 0.29) is 22.1 Å². The van der Waals surface area contributed by atoms with Crippen molar-refractivity contribution in [2.24, 2.45) is 0 Å². The number of fused-ring (bicyclic) bond motifs is 3. The maximum absolute atomic E-state index is 12.6. The molecule has 1 amide bonds. The molecule has 0 fully saturated rings. The van der Waals surface area contributed by atoms with Gasteiger partial charge in [0.05, 0.1) is 10.4 Å². The zero-order chi connectivity index (χ0) is 21.5. The van der Waals surface area contributed by atoms with Crippen molar-refractivity contribution in [1.82, 2.24) is 9.97 Å². The van der Waals surface area contributed by atoms with Crippen LogP contribution in [0.2, 0.25) is 0 Å². The van der Waals surface area contributed by atoms with Gasteiger partial charge >= 0.3 is 12.1 Å². The van der Waals surface area contributed by atoms with Crippen molar-refractivity contribution in [1.29, 1.82) is 0 Å². The minimum atomic E-state index is -4.98. The van der Waals surface area contributed by atoms with Crippen molar-refractivity contribution in [2.75, 3.05) is 5.32 Å². The van der Waals surface area contributed by atoms with Crippen molar-refractivity contribution < 1.29 is 18.0 Å². The Kier molecular flexibility index (Phi) is 5.42. The number of H-pyrrole nitrogens is 1. The maximum atomic E-state index is 12.6. The molecule has 1 aromatic carbocycles. The Bertz CT molecular complexity index is 1230. The molecule has 0 bridgehead atoms. The van der Waals surface area contributed by atoms with E-state index in [1.54, 1.807) is 11.4 Å². The molecule has 0 aliphatic heterocycles. The van der Waals surface area contributed by atoms with Crippen molar-refractivity contribution in [3.63, 3.8) is 0 Å². The first-order valence-electron chi connectivity index (χ1n) is 9.13. The van der Waals surface area contributed by atoms with E-state index >= 15 is 0 Å². The average Bonchev–Trinajstić information content (AvgIpc) is 3.06. The third kappa shape index (κ3) is 4.13. The van der Waals surface area contributed by atoms with Crippen molar-refractivity contribution >= 4 is 55.9 Å². The van der Waals surface area contributed by atoms with Crippen LogP contribution in [0.5, 0.6) is 0 Å². The van der Waals surface area contributed by atoms with E-state index in [0.29, 0.717) is 15.8 Å².